The van der Waals surface area contributed by atoms with Crippen LogP contribution in [-0.4, -0.2) is 14.5 Å². The molecule has 3 nitrogen and oxygen atoms in total. The fourth-order valence-corrected chi connectivity index (χ4v) is 2.41. The van der Waals surface area contributed by atoms with Gasteiger partial charge in [-0.05, 0) is 18.2 Å². The van der Waals surface area contributed by atoms with Crippen LogP contribution in [0.4, 0.5) is 35.1 Å². The summed E-state index contributed by atoms with van der Waals surface area (Å²) in [6.07, 6.45) is -9.15. The molecular formula is C15H7F8N3. The predicted octanol–water partition coefficient (Wildman–Crippen LogP) is 4.95. The van der Waals surface area contributed by atoms with Crippen molar-refractivity contribution in [3.8, 4) is 11.4 Å². The molecule has 0 spiro atoms. The second kappa shape index (κ2) is 5.64. The van der Waals surface area contributed by atoms with Crippen LogP contribution in [0.15, 0.2) is 24.4 Å². The van der Waals surface area contributed by atoms with Gasteiger partial charge in [-0.2, -0.15) is 26.3 Å². The normalized spacial score (nSPS) is 12.8. The van der Waals surface area contributed by atoms with Crippen LogP contribution in [0.5, 0.6) is 0 Å². The number of halogens is 8. The first-order chi connectivity index (χ1) is 11.9. The fraction of sp³-hybridized carbons (Fsp3) is 0.200. The van der Waals surface area contributed by atoms with Gasteiger partial charge >= 0.3 is 12.4 Å². The van der Waals surface area contributed by atoms with Gasteiger partial charge in [0, 0.05) is 13.2 Å². The maximum Gasteiger partial charge on any atom is 0.417 e. The van der Waals surface area contributed by atoms with E-state index in [4.69, 9.17) is 0 Å². The first-order valence-electron chi connectivity index (χ1n) is 6.86. The van der Waals surface area contributed by atoms with Gasteiger partial charge in [0.2, 0.25) is 0 Å². The van der Waals surface area contributed by atoms with Gasteiger partial charge in [0.25, 0.3) is 0 Å². The van der Waals surface area contributed by atoms with Gasteiger partial charge < -0.3 is 4.57 Å². The van der Waals surface area contributed by atoms with Gasteiger partial charge in [-0.1, -0.05) is 0 Å². The molecule has 11 heteroatoms. The first kappa shape index (κ1) is 18.1. The number of hydrogen-bond donors (Lipinski definition) is 0. The van der Waals surface area contributed by atoms with Crippen LogP contribution >= 0.6 is 0 Å². The van der Waals surface area contributed by atoms with Crippen molar-refractivity contribution in [2.24, 2.45) is 7.05 Å². The molecule has 0 N–H and O–H groups in total. The highest BCUT2D eigenvalue weighted by atomic mass is 19.4. The van der Waals surface area contributed by atoms with Crippen molar-refractivity contribution in [3.63, 3.8) is 0 Å². The number of benzene rings is 1. The van der Waals surface area contributed by atoms with E-state index in [2.05, 4.69) is 9.97 Å². The van der Waals surface area contributed by atoms with Crippen LogP contribution in [0.3, 0.4) is 0 Å². The topological polar surface area (TPSA) is 30.7 Å². The predicted molar refractivity (Wildman–Crippen MR) is 73.9 cm³/mol. The number of imidazole rings is 1. The molecule has 3 rings (SSSR count). The Morgan fingerprint density at radius 1 is 0.846 bits per heavy atom. The third-order valence-corrected chi connectivity index (χ3v) is 3.63. The second-order valence-corrected chi connectivity index (χ2v) is 5.37. The molecule has 0 saturated carbocycles. The summed E-state index contributed by atoms with van der Waals surface area (Å²) in [6.45, 7) is 0. The minimum Gasteiger partial charge on any atom is -0.312 e. The molecule has 26 heavy (non-hydrogen) atoms. The number of hydrogen-bond acceptors (Lipinski definition) is 2. The molecule has 0 aliphatic heterocycles. The Bertz CT molecular complexity index is 978. The van der Waals surface area contributed by atoms with E-state index in [0.29, 0.717) is 12.3 Å². The molecule has 0 saturated heterocycles. The smallest absolute Gasteiger partial charge is 0.312 e. The summed E-state index contributed by atoms with van der Waals surface area (Å²) in [6, 6.07) is 0.810. The average Bonchev–Trinajstić information content (AvgIpc) is 2.81. The van der Waals surface area contributed by atoms with Crippen molar-refractivity contribution in [1.82, 2.24) is 14.5 Å². The number of alkyl halides is 6. The number of pyridine rings is 1. The summed E-state index contributed by atoms with van der Waals surface area (Å²) in [5.74, 6) is -3.59. The van der Waals surface area contributed by atoms with E-state index in [-0.39, 0.29) is 23.3 Å². The molecule has 1 aromatic carbocycles. The SMILES string of the molecule is Cn1c(-c2c(F)cc(C(F)(F)F)cc2F)nc2cc(C(F)(F)F)cnc21. The molecule has 0 atom stereocenters. The van der Waals surface area contributed by atoms with Crippen molar-refractivity contribution in [2.45, 2.75) is 12.4 Å². The highest BCUT2D eigenvalue weighted by Gasteiger charge is 2.34. The molecule has 2 aromatic heterocycles. The average molecular weight is 381 g/mol. The van der Waals surface area contributed by atoms with Crippen molar-refractivity contribution in [2.75, 3.05) is 0 Å². The summed E-state index contributed by atoms with van der Waals surface area (Å²) in [7, 11) is 1.22. The summed E-state index contributed by atoms with van der Waals surface area (Å²) in [4.78, 5) is 7.27. The van der Waals surface area contributed by atoms with Crippen LogP contribution in [0.2, 0.25) is 0 Å². The summed E-state index contributed by atoms with van der Waals surface area (Å²) < 4.78 is 105. The Morgan fingerprint density at radius 3 is 1.88 bits per heavy atom. The third kappa shape index (κ3) is 2.97. The lowest BCUT2D eigenvalue weighted by molar-refractivity contribution is -0.138. The van der Waals surface area contributed by atoms with Gasteiger partial charge in [0.15, 0.2) is 5.65 Å². The van der Waals surface area contributed by atoms with E-state index in [1.165, 1.54) is 7.05 Å². The van der Waals surface area contributed by atoms with Crippen molar-refractivity contribution < 1.29 is 35.1 Å². The molecule has 138 valence electrons. The van der Waals surface area contributed by atoms with Gasteiger partial charge in [-0.3, -0.25) is 0 Å². The number of nitrogens with zero attached hydrogens (tertiary/aromatic N) is 3. The Hall–Kier alpha value is -2.72. The molecule has 0 unspecified atom stereocenters. The molecule has 0 aliphatic rings. The summed E-state index contributed by atoms with van der Waals surface area (Å²) >= 11 is 0. The molecule has 0 aliphatic carbocycles. The Balaban J connectivity index is 2.22. The number of aromatic nitrogens is 3. The Labute approximate surface area is 139 Å². The van der Waals surface area contributed by atoms with Crippen LogP contribution in [-0.2, 0) is 19.4 Å². The zero-order valence-electron chi connectivity index (χ0n) is 12.7. The quantitative estimate of drug-likeness (QED) is 0.559. The van der Waals surface area contributed by atoms with Crippen LogP contribution < -0.4 is 0 Å². The van der Waals surface area contributed by atoms with E-state index in [1.54, 1.807) is 0 Å². The zero-order valence-corrected chi connectivity index (χ0v) is 12.7. The number of fused-ring (bicyclic) bond motifs is 1. The first-order valence-corrected chi connectivity index (χ1v) is 6.86. The van der Waals surface area contributed by atoms with Gasteiger partial charge in [-0.25, -0.2) is 18.7 Å². The van der Waals surface area contributed by atoms with E-state index in [0.717, 1.165) is 4.57 Å². The van der Waals surface area contributed by atoms with Crippen molar-refractivity contribution >= 4 is 11.2 Å². The molecule has 2 heterocycles. The van der Waals surface area contributed by atoms with Crippen LogP contribution in [0, 0.1) is 11.6 Å². The van der Waals surface area contributed by atoms with E-state index in [9.17, 15) is 35.1 Å². The zero-order chi connectivity index (χ0) is 19.4. The monoisotopic (exact) mass is 381 g/mol. The second-order valence-electron chi connectivity index (χ2n) is 5.37. The molecule has 0 amide bonds. The fourth-order valence-electron chi connectivity index (χ4n) is 2.41. The summed E-state index contributed by atoms with van der Waals surface area (Å²) in [5.41, 5.74) is -3.98. The molecular weight excluding hydrogens is 374 g/mol. The van der Waals surface area contributed by atoms with Gasteiger partial charge in [0.05, 0.1) is 16.7 Å². The largest absolute Gasteiger partial charge is 0.417 e. The van der Waals surface area contributed by atoms with Gasteiger partial charge in [-0.15, -0.1) is 0 Å². The van der Waals surface area contributed by atoms with Crippen molar-refractivity contribution in [3.05, 3.63) is 47.2 Å². The van der Waals surface area contributed by atoms with E-state index in [1.807, 2.05) is 0 Å². The minimum atomic E-state index is -4.96. The molecule has 0 radical (unpaired) electrons. The highest BCUT2D eigenvalue weighted by molar-refractivity contribution is 5.78. The molecule has 0 bridgehead atoms. The molecule has 0 fully saturated rings. The van der Waals surface area contributed by atoms with E-state index >= 15 is 0 Å². The lowest BCUT2D eigenvalue weighted by Gasteiger charge is -2.10. The standard InChI is InChI=1S/C15H7F8N3/c1-26-12-10(4-7(5-24-12)15(21,22)23)25-13(26)11-8(16)2-6(3-9(11)17)14(18,19)20/h2-5H,1H3. The third-order valence-electron chi connectivity index (χ3n) is 3.63. The van der Waals surface area contributed by atoms with Gasteiger partial charge in [0.1, 0.15) is 23.0 Å². The number of aryl methyl sites for hydroxylation is 1. The van der Waals surface area contributed by atoms with Crippen LogP contribution in [0.1, 0.15) is 11.1 Å². The maximum absolute atomic E-state index is 14.1. The highest BCUT2D eigenvalue weighted by Crippen LogP contribution is 2.36. The van der Waals surface area contributed by atoms with E-state index < -0.39 is 46.5 Å². The minimum absolute atomic E-state index is 0.0896. The summed E-state index contributed by atoms with van der Waals surface area (Å²) in [5, 5.41) is 0. The maximum atomic E-state index is 14.1. The van der Waals surface area contributed by atoms with Crippen LogP contribution in [0.25, 0.3) is 22.6 Å². The molecule has 3 aromatic rings. The van der Waals surface area contributed by atoms with Crippen molar-refractivity contribution in [1.29, 1.82) is 0 Å². The lowest BCUT2D eigenvalue weighted by Crippen LogP contribution is -2.08. The Morgan fingerprint density at radius 2 is 1.38 bits per heavy atom. The number of rotatable bonds is 1. The lowest BCUT2D eigenvalue weighted by atomic mass is 10.1. The Kier molecular flexibility index (Phi) is 3.93.